The molecule has 122 valence electrons. The first-order valence-electron chi connectivity index (χ1n) is 7.89. The lowest BCUT2D eigenvalue weighted by atomic mass is 10.0. The summed E-state index contributed by atoms with van der Waals surface area (Å²) in [5.41, 5.74) is 0.644. The van der Waals surface area contributed by atoms with E-state index in [4.69, 9.17) is 0 Å². The topological polar surface area (TPSA) is 56.7 Å². The molecule has 0 bridgehead atoms. The Kier molecular flexibility index (Phi) is 4.32. The summed E-state index contributed by atoms with van der Waals surface area (Å²) in [6, 6.07) is 8.54. The molecule has 1 saturated heterocycles. The van der Waals surface area contributed by atoms with Gasteiger partial charge in [0.25, 0.3) is 0 Å². The number of nitrogens with zero attached hydrogens (tertiary/aromatic N) is 3. The number of carbonyl (C=O) groups is 1. The zero-order valence-electron chi connectivity index (χ0n) is 13.1. The monoisotopic (exact) mass is 317 g/mol. The van der Waals surface area contributed by atoms with E-state index in [9.17, 15) is 14.3 Å². The van der Waals surface area contributed by atoms with Gasteiger partial charge in [0.2, 0.25) is 0 Å². The average molecular weight is 317 g/mol. The molecule has 0 unspecified atom stereocenters. The number of piperidine rings is 1. The molecule has 1 fully saturated rings. The molecule has 1 N–H and O–H groups in total. The predicted octanol–water partition coefficient (Wildman–Crippen LogP) is 3.34. The predicted molar refractivity (Wildman–Crippen MR) is 87.3 cm³/mol. The standard InChI is InChI=1S/C17H20FN3O2/c1-2-21(17(22)23)14-7-9-20(10-8-14)16-6-4-12-3-5-13(18)11-15(12)19-16/h3-6,11,14H,2,7-10H2,1H3,(H,22,23). The van der Waals surface area contributed by atoms with E-state index in [1.165, 1.54) is 17.0 Å². The third-order valence-electron chi connectivity index (χ3n) is 4.46. The van der Waals surface area contributed by atoms with Crippen molar-refractivity contribution in [3.63, 3.8) is 0 Å². The first-order chi connectivity index (χ1) is 11.1. The fourth-order valence-electron chi connectivity index (χ4n) is 3.21. The molecule has 1 aliphatic rings. The molecule has 6 heteroatoms. The van der Waals surface area contributed by atoms with Gasteiger partial charge < -0.3 is 14.9 Å². The Morgan fingerprint density at radius 2 is 2.04 bits per heavy atom. The van der Waals surface area contributed by atoms with Crippen molar-refractivity contribution in [2.75, 3.05) is 24.5 Å². The molecule has 0 spiro atoms. The van der Waals surface area contributed by atoms with E-state index in [1.54, 1.807) is 6.07 Å². The van der Waals surface area contributed by atoms with Crippen molar-refractivity contribution in [3.05, 3.63) is 36.1 Å². The van der Waals surface area contributed by atoms with Gasteiger partial charge in [-0.25, -0.2) is 14.2 Å². The molecule has 1 amide bonds. The number of hydrogen-bond donors (Lipinski definition) is 1. The zero-order valence-corrected chi connectivity index (χ0v) is 13.1. The fraction of sp³-hybridized carbons (Fsp3) is 0.412. The molecule has 2 aromatic rings. The van der Waals surface area contributed by atoms with Crippen LogP contribution in [0.5, 0.6) is 0 Å². The summed E-state index contributed by atoms with van der Waals surface area (Å²) in [7, 11) is 0. The van der Waals surface area contributed by atoms with Crippen molar-refractivity contribution in [1.82, 2.24) is 9.88 Å². The van der Waals surface area contributed by atoms with E-state index in [0.717, 1.165) is 37.1 Å². The van der Waals surface area contributed by atoms with E-state index in [1.807, 2.05) is 19.1 Å². The molecule has 3 rings (SSSR count). The summed E-state index contributed by atoms with van der Waals surface area (Å²) >= 11 is 0. The van der Waals surface area contributed by atoms with Crippen LogP contribution in [0.15, 0.2) is 30.3 Å². The second-order valence-corrected chi connectivity index (χ2v) is 5.79. The minimum atomic E-state index is -0.856. The van der Waals surface area contributed by atoms with Crippen LogP contribution < -0.4 is 4.90 Å². The van der Waals surface area contributed by atoms with Crippen LogP contribution in [-0.4, -0.2) is 46.8 Å². The quantitative estimate of drug-likeness (QED) is 0.943. The van der Waals surface area contributed by atoms with E-state index in [2.05, 4.69) is 9.88 Å². The third-order valence-corrected chi connectivity index (χ3v) is 4.46. The van der Waals surface area contributed by atoms with Crippen LogP contribution in [-0.2, 0) is 0 Å². The maximum Gasteiger partial charge on any atom is 0.407 e. The summed E-state index contributed by atoms with van der Waals surface area (Å²) in [5.74, 6) is 0.529. The van der Waals surface area contributed by atoms with Crippen LogP contribution >= 0.6 is 0 Å². The number of halogens is 1. The van der Waals surface area contributed by atoms with Crippen molar-refractivity contribution >= 4 is 22.8 Å². The lowest BCUT2D eigenvalue weighted by Crippen LogP contribution is -2.47. The number of pyridine rings is 1. The van der Waals surface area contributed by atoms with Gasteiger partial charge in [-0.15, -0.1) is 0 Å². The number of fused-ring (bicyclic) bond motifs is 1. The molecule has 1 aromatic carbocycles. The summed E-state index contributed by atoms with van der Waals surface area (Å²) in [6.45, 7) is 3.87. The first kappa shape index (κ1) is 15.5. The lowest BCUT2D eigenvalue weighted by Gasteiger charge is -2.37. The van der Waals surface area contributed by atoms with Crippen LogP contribution in [0.4, 0.5) is 15.0 Å². The van der Waals surface area contributed by atoms with Crippen molar-refractivity contribution in [2.24, 2.45) is 0 Å². The van der Waals surface area contributed by atoms with Gasteiger partial charge in [-0.1, -0.05) is 0 Å². The summed E-state index contributed by atoms with van der Waals surface area (Å²) in [5, 5.41) is 10.1. The minimum absolute atomic E-state index is 0.0617. The van der Waals surface area contributed by atoms with Crippen molar-refractivity contribution in [3.8, 4) is 0 Å². The molecule has 23 heavy (non-hydrogen) atoms. The van der Waals surface area contributed by atoms with Crippen LogP contribution in [0.1, 0.15) is 19.8 Å². The maximum absolute atomic E-state index is 13.4. The molecule has 1 aromatic heterocycles. The Morgan fingerprint density at radius 3 is 2.70 bits per heavy atom. The Hall–Kier alpha value is -2.37. The normalized spacial score (nSPS) is 15.8. The molecule has 2 heterocycles. The average Bonchev–Trinajstić information content (AvgIpc) is 2.55. The number of benzene rings is 1. The molecule has 1 aliphatic heterocycles. The first-order valence-corrected chi connectivity index (χ1v) is 7.89. The Bertz CT molecular complexity index is 714. The van der Waals surface area contributed by atoms with Gasteiger partial charge in [0.1, 0.15) is 11.6 Å². The Balaban J connectivity index is 1.73. The second kappa shape index (κ2) is 6.40. The van der Waals surface area contributed by atoms with Gasteiger partial charge in [0, 0.05) is 37.1 Å². The van der Waals surface area contributed by atoms with Crippen LogP contribution in [0.2, 0.25) is 0 Å². The molecule has 0 radical (unpaired) electrons. The van der Waals surface area contributed by atoms with Gasteiger partial charge in [-0.05, 0) is 44.0 Å². The largest absolute Gasteiger partial charge is 0.465 e. The van der Waals surface area contributed by atoms with E-state index < -0.39 is 6.09 Å². The Morgan fingerprint density at radius 1 is 1.35 bits per heavy atom. The SMILES string of the molecule is CCN(C(=O)O)C1CCN(c2ccc3ccc(F)cc3n2)CC1. The smallest absolute Gasteiger partial charge is 0.407 e. The van der Waals surface area contributed by atoms with Crippen LogP contribution in [0, 0.1) is 5.82 Å². The molecule has 5 nitrogen and oxygen atoms in total. The van der Waals surface area contributed by atoms with Gasteiger partial charge in [0.05, 0.1) is 5.52 Å². The highest BCUT2D eigenvalue weighted by Crippen LogP contribution is 2.24. The number of aromatic nitrogens is 1. The van der Waals surface area contributed by atoms with Crippen molar-refractivity contribution in [2.45, 2.75) is 25.8 Å². The highest BCUT2D eigenvalue weighted by molar-refractivity contribution is 5.80. The highest BCUT2D eigenvalue weighted by atomic mass is 19.1. The number of amides is 1. The molecular weight excluding hydrogens is 297 g/mol. The molecule has 0 aliphatic carbocycles. The number of rotatable bonds is 3. The molecular formula is C17H20FN3O2. The van der Waals surface area contributed by atoms with Crippen molar-refractivity contribution < 1.29 is 14.3 Å². The second-order valence-electron chi connectivity index (χ2n) is 5.79. The summed E-state index contributed by atoms with van der Waals surface area (Å²) in [6.07, 6.45) is 0.705. The minimum Gasteiger partial charge on any atom is -0.465 e. The van der Waals surface area contributed by atoms with E-state index in [-0.39, 0.29) is 11.9 Å². The van der Waals surface area contributed by atoms with Gasteiger partial charge in [-0.3, -0.25) is 0 Å². The fourth-order valence-corrected chi connectivity index (χ4v) is 3.21. The third kappa shape index (κ3) is 3.21. The van der Waals surface area contributed by atoms with Gasteiger partial charge in [-0.2, -0.15) is 0 Å². The summed E-state index contributed by atoms with van der Waals surface area (Å²) < 4.78 is 13.4. The van der Waals surface area contributed by atoms with Gasteiger partial charge >= 0.3 is 6.09 Å². The zero-order chi connectivity index (χ0) is 16.4. The van der Waals surface area contributed by atoms with Crippen LogP contribution in [0.3, 0.4) is 0 Å². The maximum atomic E-state index is 13.4. The highest BCUT2D eigenvalue weighted by Gasteiger charge is 2.27. The molecule has 0 saturated carbocycles. The van der Waals surface area contributed by atoms with Gasteiger partial charge in [0.15, 0.2) is 0 Å². The summed E-state index contributed by atoms with van der Waals surface area (Å²) in [4.78, 5) is 19.4. The number of hydrogen-bond acceptors (Lipinski definition) is 3. The van der Waals surface area contributed by atoms with E-state index >= 15 is 0 Å². The Labute approximate surface area is 134 Å². The number of anilines is 1. The molecule has 0 atom stereocenters. The lowest BCUT2D eigenvalue weighted by molar-refractivity contribution is 0.119. The van der Waals surface area contributed by atoms with Crippen molar-refractivity contribution in [1.29, 1.82) is 0 Å². The van der Waals surface area contributed by atoms with Crippen LogP contribution in [0.25, 0.3) is 10.9 Å². The van der Waals surface area contributed by atoms with E-state index in [0.29, 0.717) is 12.1 Å². The number of carboxylic acid groups (broad SMARTS) is 1.